The number of nitrogens with one attached hydrogen (secondary N) is 1. The number of anilines is 2. The minimum Gasteiger partial charge on any atom is -0.465 e. The number of hydrogen-bond acceptors (Lipinski definition) is 7. The Bertz CT molecular complexity index is 1380. The molecule has 0 unspecified atom stereocenters. The molecule has 1 amide bonds. The summed E-state index contributed by atoms with van der Waals surface area (Å²) in [6.07, 6.45) is 0. The molecule has 0 radical (unpaired) electrons. The fraction of sp³-hybridized carbons (Fsp3) is 0.192. The molecule has 3 aromatic carbocycles. The van der Waals surface area contributed by atoms with Gasteiger partial charge in [0.2, 0.25) is 5.91 Å². The number of carbonyl (C=O) groups is 3. The summed E-state index contributed by atoms with van der Waals surface area (Å²) in [4.78, 5) is 37.3. The highest BCUT2D eigenvalue weighted by Crippen LogP contribution is 2.25. The molecular formula is C26H26N2O7S. The SMILES string of the molecule is COC(=O)c1ccc(C(=O)OC)c(NC(=O)CN(c2ccc(C)cc2)S(=O)(=O)c2ccc(C)cc2)c1. The largest absolute Gasteiger partial charge is 0.465 e. The van der Waals surface area contributed by atoms with Gasteiger partial charge in [-0.2, -0.15) is 0 Å². The molecule has 0 aliphatic heterocycles. The Morgan fingerprint density at radius 2 is 1.36 bits per heavy atom. The van der Waals surface area contributed by atoms with Gasteiger partial charge in [-0.25, -0.2) is 18.0 Å². The summed E-state index contributed by atoms with van der Waals surface area (Å²) in [5, 5.41) is 2.54. The van der Waals surface area contributed by atoms with Crippen molar-refractivity contribution < 1.29 is 32.3 Å². The van der Waals surface area contributed by atoms with Crippen LogP contribution in [0.1, 0.15) is 31.8 Å². The smallest absolute Gasteiger partial charge is 0.339 e. The van der Waals surface area contributed by atoms with Crippen LogP contribution < -0.4 is 9.62 Å². The first-order valence-corrected chi connectivity index (χ1v) is 12.3. The Hall–Kier alpha value is -4.18. The quantitative estimate of drug-likeness (QED) is 0.459. The molecule has 1 N–H and O–H groups in total. The average molecular weight is 511 g/mol. The summed E-state index contributed by atoms with van der Waals surface area (Å²) in [5.74, 6) is -2.16. The molecule has 3 rings (SSSR count). The lowest BCUT2D eigenvalue weighted by atomic mass is 10.1. The zero-order valence-electron chi connectivity index (χ0n) is 20.3. The third kappa shape index (κ3) is 5.89. The van der Waals surface area contributed by atoms with Crippen molar-refractivity contribution in [2.75, 3.05) is 30.4 Å². The molecule has 0 saturated carbocycles. The predicted molar refractivity (Wildman–Crippen MR) is 135 cm³/mol. The van der Waals surface area contributed by atoms with Crippen molar-refractivity contribution in [1.82, 2.24) is 0 Å². The Labute approximate surface area is 209 Å². The van der Waals surface area contributed by atoms with Gasteiger partial charge < -0.3 is 14.8 Å². The molecule has 10 heteroatoms. The van der Waals surface area contributed by atoms with Crippen molar-refractivity contribution in [3.8, 4) is 0 Å². The zero-order valence-corrected chi connectivity index (χ0v) is 21.1. The second-order valence-corrected chi connectivity index (χ2v) is 9.81. The highest BCUT2D eigenvalue weighted by molar-refractivity contribution is 7.92. The van der Waals surface area contributed by atoms with E-state index in [-0.39, 0.29) is 27.4 Å². The molecule has 36 heavy (non-hydrogen) atoms. The highest BCUT2D eigenvalue weighted by Gasteiger charge is 2.28. The van der Waals surface area contributed by atoms with Crippen LogP contribution in [-0.4, -0.2) is 47.0 Å². The molecule has 0 aromatic heterocycles. The van der Waals surface area contributed by atoms with E-state index in [1.807, 2.05) is 13.8 Å². The molecule has 188 valence electrons. The maximum Gasteiger partial charge on any atom is 0.339 e. The standard InChI is InChI=1S/C26H26N2O7S/c1-17-5-10-20(11-6-17)28(36(32,33)21-12-7-18(2)8-13-21)16-24(29)27-23-15-19(25(30)34-3)9-14-22(23)26(31)35-4/h5-15H,16H2,1-4H3,(H,27,29). The minimum atomic E-state index is -4.12. The van der Waals surface area contributed by atoms with Gasteiger partial charge in [-0.3, -0.25) is 9.10 Å². The molecule has 9 nitrogen and oxygen atoms in total. The normalized spacial score (nSPS) is 10.9. The molecule has 0 heterocycles. The molecule has 0 aliphatic rings. The number of rotatable bonds is 8. The Balaban J connectivity index is 2.00. The van der Waals surface area contributed by atoms with Crippen molar-refractivity contribution in [1.29, 1.82) is 0 Å². The average Bonchev–Trinajstić information content (AvgIpc) is 2.87. The molecular weight excluding hydrogens is 484 g/mol. The van der Waals surface area contributed by atoms with Gasteiger partial charge in [0.25, 0.3) is 10.0 Å². The van der Waals surface area contributed by atoms with Gasteiger partial charge in [0.1, 0.15) is 6.54 Å². The molecule has 0 saturated heterocycles. The van der Waals surface area contributed by atoms with E-state index >= 15 is 0 Å². The molecule has 3 aromatic rings. The Kier molecular flexibility index (Phi) is 8.11. The summed E-state index contributed by atoms with van der Waals surface area (Å²) in [6, 6.07) is 16.9. The first kappa shape index (κ1) is 26.4. The van der Waals surface area contributed by atoms with Crippen molar-refractivity contribution in [3.05, 3.63) is 89.0 Å². The number of aryl methyl sites for hydroxylation is 2. The Morgan fingerprint density at radius 3 is 1.92 bits per heavy atom. The number of ether oxygens (including phenoxy) is 2. The monoisotopic (exact) mass is 510 g/mol. The van der Waals surface area contributed by atoms with Crippen molar-refractivity contribution in [3.63, 3.8) is 0 Å². The molecule has 0 fully saturated rings. The van der Waals surface area contributed by atoms with Crippen LogP contribution in [0.3, 0.4) is 0 Å². The number of benzene rings is 3. The number of esters is 2. The van der Waals surface area contributed by atoms with Crippen LogP contribution >= 0.6 is 0 Å². The molecule has 0 bridgehead atoms. The van der Waals surface area contributed by atoms with Crippen LogP contribution in [0.25, 0.3) is 0 Å². The van der Waals surface area contributed by atoms with Crippen molar-refractivity contribution in [2.24, 2.45) is 0 Å². The third-order valence-electron chi connectivity index (χ3n) is 5.34. The fourth-order valence-corrected chi connectivity index (χ4v) is 4.79. The summed E-state index contributed by atoms with van der Waals surface area (Å²) < 4.78 is 37.5. The summed E-state index contributed by atoms with van der Waals surface area (Å²) in [6.45, 7) is 3.10. The fourth-order valence-electron chi connectivity index (χ4n) is 3.36. The van der Waals surface area contributed by atoms with Gasteiger partial charge in [-0.05, 0) is 56.3 Å². The van der Waals surface area contributed by atoms with E-state index < -0.39 is 34.4 Å². The van der Waals surface area contributed by atoms with E-state index in [2.05, 4.69) is 5.32 Å². The van der Waals surface area contributed by atoms with Gasteiger partial charge >= 0.3 is 11.9 Å². The third-order valence-corrected chi connectivity index (χ3v) is 7.13. The summed E-state index contributed by atoms with van der Waals surface area (Å²) >= 11 is 0. The minimum absolute atomic E-state index is 0.0122. The molecule has 0 spiro atoms. The summed E-state index contributed by atoms with van der Waals surface area (Å²) in [5.41, 5.74) is 2.14. The van der Waals surface area contributed by atoms with Crippen LogP contribution in [0.15, 0.2) is 71.6 Å². The van der Waals surface area contributed by atoms with Crippen LogP contribution in [0.4, 0.5) is 11.4 Å². The highest BCUT2D eigenvalue weighted by atomic mass is 32.2. The zero-order chi connectivity index (χ0) is 26.5. The first-order chi connectivity index (χ1) is 17.1. The lowest BCUT2D eigenvalue weighted by molar-refractivity contribution is -0.114. The lowest BCUT2D eigenvalue weighted by Gasteiger charge is -2.24. The van der Waals surface area contributed by atoms with Gasteiger partial charge in [0.05, 0.1) is 41.6 Å². The molecule has 0 atom stereocenters. The van der Waals surface area contributed by atoms with E-state index in [4.69, 9.17) is 9.47 Å². The van der Waals surface area contributed by atoms with Crippen LogP contribution in [0.5, 0.6) is 0 Å². The van der Waals surface area contributed by atoms with Gasteiger partial charge in [0, 0.05) is 0 Å². The van der Waals surface area contributed by atoms with Gasteiger partial charge in [-0.1, -0.05) is 35.4 Å². The van der Waals surface area contributed by atoms with Gasteiger partial charge in [-0.15, -0.1) is 0 Å². The van der Waals surface area contributed by atoms with Crippen LogP contribution in [0, 0.1) is 13.8 Å². The number of nitrogens with zero attached hydrogens (tertiary/aromatic N) is 1. The number of hydrogen-bond donors (Lipinski definition) is 1. The van der Waals surface area contributed by atoms with E-state index in [1.54, 1.807) is 36.4 Å². The maximum atomic E-state index is 13.5. The van der Waals surface area contributed by atoms with E-state index in [0.717, 1.165) is 15.4 Å². The number of methoxy groups -OCH3 is 2. The number of sulfonamides is 1. The van der Waals surface area contributed by atoms with Gasteiger partial charge in [0.15, 0.2) is 0 Å². The number of amides is 1. The second kappa shape index (κ2) is 11.0. The number of carbonyl (C=O) groups excluding carboxylic acids is 3. The first-order valence-electron chi connectivity index (χ1n) is 10.8. The second-order valence-electron chi connectivity index (χ2n) is 7.95. The Morgan fingerprint density at radius 1 is 0.806 bits per heavy atom. The topological polar surface area (TPSA) is 119 Å². The van der Waals surface area contributed by atoms with Crippen molar-refractivity contribution >= 4 is 39.2 Å². The van der Waals surface area contributed by atoms with Crippen LogP contribution in [0.2, 0.25) is 0 Å². The summed E-state index contributed by atoms with van der Waals surface area (Å²) in [7, 11) is -1.75. The molecule has 0 aliphatic carbocycles. The van der Waals surface area contributed by atoms with Crippen LogP contribution in [-0.2, 0) is 24.3 Å². The van der Waals surface area contributed by atoms with E-state index in [9.17, 15) is 22.8 Å². The van der Waals surface area contributed by atoms with E-state index in [0.29, 0.717) is 0 Å². The van der Waals surface area contributed by atoms with Crippen molar-refractivity contribution in [2.45, 2.75) is 18.7 Å². The maximum absolute atomic E-state index is 13.5. The predicted octanol–water partition coefficient (Wildman–Crippen LogP) is 3.71. The van der Waals surface area contributed by atoms with E-state index in [1.165, 1.54) is 44.6 Å². The lowest BCUT2D eigenvalue weighted by Crippen LogP contribution is -2.38.